The van der Waals surface area contributed by atoms with E-state index in [1.807, 2.05) is 4.90 Å². The maximum atomic E-state index is 13.0. The lowest BCUT2D eigenvalue weighted by molar-refractivity contribution is 0.00446. The molecule has 142 valence electrons. The van der Waals surface area contributed by atoms with Gasteiger partial charge in [-0.3, -0.25) is 4.90 Å². The summed E-state index contributed by atoms with van der Waals surface area (Å²) in [7, 11) is 0. The smallest absolute Gasteiger partial charge is 0.391 e. The van der Waals surface area contributed by atoms with E-state index in [0.29, 0.717) is 18.5 Å². The van der Waals surface area contributed by atoms with Gasteiger partial charge in [0.1, 0.15) is 5.82 Å². The van der Waals surface area contributed by atoms with Gasteiger partial charge in [-0.05, 0) is 50.8 Å². The number of aromatic nitrogens is 1. The minimum Gasteiger partial charge on any atom is -0.391 e. The molecular formula is C19H27FN4O2. The van der Waals surface area contributed by atoms with Gasteiger partial charge in [0.15, 0.2) is 0 Å². The number of nitrogens with one attached hydrogen (secondary N) is 1. The van der Waals surface area contributed by atoms with Gasteiger partial charge in [-0.15, -0.1) is 0 Å². The summed E-state index contributed by atoms with van der Waals surface area (Å²) < 4.78 is 18.5. The van der Waals surface area contributed by atoms with Crippen molar-refractivity contribution < 1.29 is 13.9 Å². The van der Waals surface area contributed by atoms with Crippen molar-refractivity contribution in [3.8, 4) is 5.88 Å². The Hall–Kier alpha value is -1.73. The average molecular weight is 362 g/mol. The number of hydrogen-bond donors (Lipinski definition) is 1. The van der Waals surface area contributed by atoms with Gasteiger partial charge < -0.3 is 15.0 Å². The Labute approximate surface area is 153 Å². The lowest BCUT2D eigenvalue weighted by Gasteiger charge is -2.49. The second kappa shape index (κ2) is 7.88. The van der Waals surface area contributed by atoms with Crippen LogP contribution >= 0.6 is 0 Å². The third kappa shape index (κ3) is 3.83. The van der Waals surface area contributed by atoms with Gasteiger partial charge in [0.25, 0.3) is 0 Å². The SMILES string of the molecule is O=C(Oc1ccc(F)cn1)N1CCN(C2CCC2)CC1C1CCNCC1. The maximum Gasteiger partial charge on any atom is 0.416 e. The number of ether oxygens (including phenoxy) is 1. The normalized spacial score (nSPS) is 25.7. The second-order valence-electron chi connectivity index (χ2n) is 7.61. The fourth-order valence-electron chi connectivity index (χ4n) is 4.35. The van der Waals surface area contributed by atoms with Gasteiger partial charge in [-0.1, -0.05) is 6.42 Å². The van der Waals surface area contributed by atoms with Gasteiger partial charge in [0.05, 0.1) is 12.2 Å². The first-order chi connectivity index (χ1) is 12.7. The molecule has 0 radical (unpaired) electrons. The van der Waals surface area contributed by atoms with Crippen LogP contribution in [0.2, 0.25) is 0 Å². The molecule has 1 saturated carbocycles. The Morgan fingerprint density at radius 1 is 1.19 bits per heavy atom. The maximum absolute atomic E-state index is 13.0. The van der Waals surface area contributed by atoms with Crippen LogP contribution in [-0.4, -0.2) is 65.7 Å². The van der Waals surface area contributed by atoms with Crippen LogP contribution in [0.3, 0.4) is 0 Å². The van der Waals surface area contributed by atoms with Crippen molar-refractivity contribution in [2.45, 2.75) is 44.2 Å². The van der Waals surface area contributed by atoms with Crippen molar-refractivity contribution in [2.75, 3.05) is 32.7 Å². The summed E-state index contributed by atoms with van der Waals surface area (Å²) in [5.74, 6) is 0.209. The highest BCUT2D eigenvalue weighted by Crippen LogP contribution is 2.31. The minimum atomic E-state index is -0.438. The van der Waals surface area contributed by atoms with E-state index in [1.165, 1.54) is 31.4 Å². The topological polar surface area (TPSA) is 57.7 Å². The fourth-order valence-corrected chi connectivity index (χ4v) is 4.35. The van der Waals surface area contributed by atoms with Crippen LogP contribution in [0.25, 0.3) is 0 Å². The predicted molar refractivity (Wildman–Crippen MR) is 95.5 cm³/mol. The van der Waals surface area contributed by atoms with Gasteiger partial charge in [0.2, 0.25) is 5.88 Å². The lowest BCUT2D eigenvalue weighted by Crippen LogP contribution is -2.62. The summed E-state index contributed by atoms with van der Waals surface area (Å²) in [5, 5.41) is 3.41. The molecule has 3 aliphatic rings. The number of carbonyl (C=O) groups excluding carboxylic acids is 1. The number of hydrogen-bond acceptors (Lipinski definition) is 5. The molecule has 2 saturated heterocycles. The average Bonchev–Trinajstić information content (AvgIpc) is 2.63. The Morgan fingerprint density at radius 2 is 2.00 bits per heavy atom. The van der Waals surface area contributed by atoms with E-state index < -0.39 is 5.82 Å². The summed E-state index contributed by atoms with van der Waals surface area (Å²) in [6, 6.07) is 3.53. The Morgan fingerprint density at radius 3 is 2.65 bits per heavy atom. The van der Waals surface area contributed by atoms with Gasteiger partial charge in [-0.25, -0.2) is 14.2 Å². The molecule has 3 heterocycles. The van der Waals surface area contributed by atoms with Crippen molar-refractivity contribution in [3.63, 3.8) is 0 Å². The highest BCUT2D eigenvalue weighted by atomic mass is 19.1. The molecule has 1 aliphatic carbocycles. The van der Waals surface area contributed by atoms with E-state index in [4.69, 9.17) is 4.74 Å². The summed E-state index contributed by atoms with van der Waals surface area (Å²) in [4.78, 5) is 21.1. The number of pyridine rings is 1. The van der Waals surface area contributed by atoms with E-state index in [0.717, 1.165) is 45.2 Å². The molecule has 3 fully saturated rings. The molecule has 0 aromatic carbocycles. The van der Waals surface area contributed by atoms with Crippen LogP contribution in [0, 0.1) is 11.7 Å². The molecule has 1 atom stereocenters. The molecule has 4 rings (SSSR count). The molecule has 0 bridgehead atoms. The number of carbonyl (C=O) groups is 1. The molecule has 0 spiro atoms. The van der Waals surface area contributed by atoms with Crippen molar-refractivity contribution in [1.82, 2.24) is 20.1 Å². The van der Waals surface area contributed by atoms with Crippen LogP contribution in [0.5, 0.6) is 5.88 Å². The molecule has 7 heteroatoms. The van der Waals surface area contributed by atoms with Gasteiger partial charge >= 0.3 is 6.09 Å². The van der Waals surface area contributed by atoms with E-state index in [9.17, 15) is 9.18 Å². The van der Waals surface area contributed by atoms with E-state index in [1.54, 1.807) is 0 Å². The monoisotopic (exact) mass is 362 g/mol. The Kier molecular flexibility index (Phi) is 5.36. The largest absolute Gasteiger partial charge is 0.416 e. The molecule has 1 aromatic heterocycles. The van der Waals surface area contributed by atoms with E-state index >= 15 is 0 Å². The van der Waals surface area contributed by atoms with Crippen molar-refractivity contribution in [2.24, 2.45) is 5.92 Å². The highest BCUT2D eigenvalue weighted by Gasteiger charge is 2.40. The Bertz CT molecular complexity index is 616. The van der Waals surface area contributed by atoms with Crippen LogP contribution < -0.4 is 10.1 Å². The molecule has 2 aliphatic heterocycles. The zero-order valence-corrected chi connectivity index (χ0v) is 15.1. The van der Waals surface area contributed by atoms with Crippen LogP contribution in [0.1, 0.15) is 32.1 Å². The standard InChI is InChI=1S/C19H27FN4O2/c20-15-4-5-18(22-12-15)26-19(25)24-11-10-23(16-2-1-3-16)13-17(24)14-6-8-21-9-7-14/h4-5,12,14,16-17,21H,1-3,6-11,13H2. The van der Waals surface area contributed by atoms with E-state index in [2.05, 4.69) is 15.2 Å². The number of piperidine rings is 1. The van der Waals surface area contributed by atoms with E-state index in [-0.39, 0.29) is 18.0 Å². The molecule has 1 amide bonds. The summed E-state index contributed by atoms with van der Waals surface area (Å²) >= 11 is 0. The summed E-state index contributed by atoms with van der Waals surface area (Å²) in [5.41, 5.74) is 0. The van der Waals surface area contributed by atoms with Crippen molar-refractivity contribution in [3.05, 3.63) is 24.1 Å². The summed E-state index contributed by atoms with van der Waals surface area (Å²) in [6.45, 7) is 4.53. The lowest BCUT2D eigenvalue weighted by atomic mass is 9.85. The number of rotatable bonds is 3. The molecule has 1 unspecified atom stereocenters. The highest BCUT2D eigenvalue weighted by molar-refractivity contribution is 5.70. The number of halogens is 1. The van der Waals surface area contributed by atoms with Crippen LogP contribution in [-0.2, 0) is 0 Å². The molecule has 1 aromatic rings. The van der Waals surface area contributed by atoms with Crippen LogP contribution in [0.4, 0.5) is 9.18 Å². The van der Waals surface area contributed by atoms with Crippen molar-refractivity contribution >= 4 is 6.09 Å². The van der Waals surface area contributed by atoms with Crippen molar-refractivity contribution in [1.29, 1.82) is 0 Å². The first-order valence-corrected chi connectivity index (χ1v) is 9.75. The van der Waals surface area contributed by atoms with Gasteiger partial charge in [-0.2, -0.15) is 0 Å². The molecule has 1 N–H and O–H groups in total. The molecule has 26 heavy (non-hydrogen) atoms. The first kappa shape index (κ1) is 17.7. The third-order valence-corrected chi connectivity index (χ3v) is 6.10. The summed E-state index contributed by atoms with van der Waals surface area (Å²) in [6.07, 6.45) is 6.76. The minimum absolute atomic E-state index is 0.155. The zero-order valence-electron chi connectivity index (χ0n) is 15.1. The molecule has 6 nitrogen and oxygen atoms in total. The molecular weight excluding hydrogens is 335 g/mol. The van der Waals surface area contributed by atoms with Crippen LogP contribution in [0.15, 0.2) is 18.3 Å². The predicted octanol–water partition coefficient (Wildman–Crippen LogP) is 2.26. The number of amides is 1. The Balaban J connectivity index is 1.46. The first-order valence-electron chi connectivity index (χ1n) is 9.75. The third-order valence-electron chi connectivity index (χ3n) is 6.10. The van der Waals surface area contributed by atoms with Gasteiger partial charge in [0, 0.05) is 31.7 Å². The number of piperazine rings is 1. The number of nitrogens with zero attached hydrogens (tertiary/aromatic N) is 3. The zero-order chi connectivity index (χ0) is 17.9. The quantitative estimate of drug-likeness (QED) is 0.894. The fraction of sp³-hybridized carbons (Fsp3) is 0.684. The second-order valence-corrected chi connectivity index (χ2v) is 7.61.